The van der Waals surface area contributed by atoms with E-state index in [1.165, 1.54) is 30.5 Å². The van der Waals surface area contributed by atoms with Crippen LogP contribution in [0.15, 0.2) is 54.7 Å². The second-order valence-corrected chi connectivity index (χ2v) is 8.18. The van der Waals surface area contributed by atoms with Crippen molar-refractivity contribution in [2.45, 2.75) is 25.1 Å². The van der Waals surface area contributed by atoms with Gasteiger partial charge in [0.2, 0.25) is 0 Å². The van der Waals surface area contributed by atoms with Crippen LogP contribution >= 0.6 is 0 Å². The van der Waals surface area contributed by atoms with E-state index < -0.39 is 23.1 Å². The molecule has 0 aliphatic carbocycles. The number of carbonyl (C=O) groups is 1. The molecule has 5 rings (SSSR count). The van der Waals surface area contributed by atoms with Crippen molar-refractivity contribution in [1.82, 2.24) is 15.0 Å². The van der Waals surface area contributed by atoms with Crippen molar-refractivity contribution in [2.75, 3.05) is 18.0 Å². The molecule has 0 saturated carbocycles. The summed E-state index contributed by atoms with van der Waals surface area (Å²) in [6, 6.07) is 12.1. The molecule has 1 aliphatic rings. The average molecular weight is 454 g/mol. The fourth-order valence-corrected chi connectivity index (χ4v) is 4.19. The summed E-state index contributed by atoms with van der Waals surface area (Å²) in [5, 5.41) is 9.72. The molecular formula is C24H21F3N4O2. The lowest BCUT2D eigenvalue weighted by molar-refractivity contribution is -0.137. The molecule has 1 aliphatic heterocycles. The molecule has 9 heteroatoms. The van der Waals surface area contributed by atoms with E-state index in [4.69, 9.17) is 0 Å². The summed E-state index contributed by atoms with van der Waals surface area (Å²) < 4.78 is 39.9. The Kier molecular flexibility index (Phi) is 5.20. The number of H-pyrrole nitrogens is 2. The molecule has 33 heavy (non-hydrogen) atoms. The molecule has 3 heterocycles. The standard InChI is InChI=1S/C24H21F3N4O2/c25-24(26,27)18-4-2-1-3-17(18)22(33)14-11-21(28-13-14)23-29-19-6-5-15(12-20(19)30-23)31-9-7-16(32)8-10-31/h1-6,11-13,16,28,32H,7-10H2,(H,29,30). The minimum atomic E-state index is -4.62. The largest absolute Gasteiger partial charge is 0.417 e. The number of imidazole rings is 1. The molecule has 0 amide bonds. The van der Waals surface area contributed by atoms with Gasteiger partial charge in [-0.05, 0) is 43.2 Å². The van der Waals surface area contributed by atoms with Gasteiger partial charge in [0.15, 0.2) is 11.6 Å². The zero-order chi connectivity index (χ0) is 23.2. The monoisotopic (exact) mass is 454 g/mol. The molecule has 2 aromatic heterocycles. The molecule has 170 valence electrons. The molecule has 0 unspecified atom stereocenters. The highest BCUT2D eigenvalue weighted by Crippen LogP contribution is 2.33. The second-order valence-electron chi connectivity index (χ2n) is 8.18. The van der Waals surface area contributed by atoms with E-state index in [1.54, 1.807) is 0 Å². The molecule has 0 atom stereocenters. The number of nitrogens with zero attached hydrogens (tertiary/aromatic N) is 2. The number of halogens is 3. The summed E-state index contributed by atoms with van der Waals surface area (Å²) in [6.07, 6.45) is -2.03. The Balaban J connectivity index is 1.42. The Bertz CT molecular complexity index is 1320. The molecule has 0 bridgehead atoms. The Morgan fingerprint density at radius 1 is 1.09 bits per heavy atom. The maximum Gasteiger partial charge on any atom is 0.417 e. The molecule has 1 fully saturated rings. The number of fused-ring (bicyclic) bond motifs is 1. The van der Waals surface area contributed by atoms with Crippen LogP contribution in [-0.2, 0) is 6.18 Å². The van der Waals surface area contributed by atoms with E-state index in [0.29, 0.717) is 11.5 Å². The molecular weight excluding hydrogens is 433 g/mol. The van der Waals surface area contributed by atoms with Crippen molar-refractivity contribution in [2.24, 2.45) is 0 Å². The molecule has 4 aromatic rings. The number of anilines is 1. The fraction of sp³-hybridized carbons (Fsp3) is 0.250. The summed E-state index contributed by atoms with van der Waals surface area (Å²) in [5.74, 6) is -0.226. The van der Waals surface area contributed by atoms with Crippen LogP contribution in [0.1, 0.15) is 34.3 Å². The van der Waals surface area contributed by atoms with Crippen molar-refractivity contribution < 1.29 is 23.1 Å². The maximum absolute atomic E-state index is 13.3. The van der Waals surface area contributed by atoms with Crippen LogP contribution in [0, 0.1) is 0 Å². The summed E-state index contributed by atoms with van der Waals surface area (Å²) in [6.45, 7) is 1.55. The summed E-state index contributed by atoms with van der Waals surface area (Å²) in [7, 11) is 0. The number of rotatable bonds is 4. The summed E-state index contributed by atoms with van der Waals surface area (Å²) in [5.41, 5.74) is 1.83. The number of piperidine rings is 1. The topological polar surface area (TPSA) is 85.0 Å². The fourth-order valence-electron chi connectivity index (χ4n) is 4.19. The van der Waals surface area contributed by atoms with Gasteiger partial charge >= 0.3 is 6.18 Å². The van der Waals surface area contributed by atoms with Crippen LogP contribution in [0.3, 0.4) is 0 Å². The lowest BCUT2D eigenvalue weighted by Gasteiger charge is -2.31. The Morgan fingerprint density at radius 3 is 2.61 bits per heavy atom. The highest BCUT2D eigenvalue weighted by atomic mass is 19.4. The van der Waals surface area contributed by atoms with Gasteiger partial charge in [0.05, 0.1) is 28.4 Å². The van der Waals surface area contributed by atoms with Gasteiger partial charge in [0.1, 0.15) is 0 Å². The van der Waals surface area contributed by atoms with E-state index in [0.717, 1.165) is 48.7 Å². The quantitative estimate of drug-likeness (QED) is 0.388. The minimum absolute atomic E-state index is 0.120. The van der Waals surface area contributed by atoms with Crippen molar-refractivity contribution >= 4 is 22.5 Å². The van der Waals surface area contributed by atoms with Gasteiger partial charge in [-0.25, -0.2) is 4.98 Å². The predicted octanol–water partition coefficient (Wildman–Crippen LogP) is 4.77. The van der Waals surface area contributed by atoms with Crippen LogP contribution in [0.4, 0.5) is 18.9 Å². The number of ketones is 1. The molecule has 0 radical (unpaired) electrons. The number of aliphatic hydroxyl groups excluding tert-OH is 1. The number of carbonyl (C=O) groups excluding carboxylic acids is 1. The number of aromatic amines is 2. The highest BCUT2D eigenvalue weighted by molar-refractivity contribution is 6.10. The Labute approximate surface area is 187 Å². The first-order valence-electron chi connectivity index (χ1n) is 10.6. The lowest BCUT2D eigenvalue weighted by atomic mass is 9.99. The Hall–Kier alpha value is -3.59. The third-order valence-electron chi connectivity index (χ3n) is 5.97. The zero-order valence-corrected chi connectivity index (χ0v) is 17.5. The van der Waals surface area contributed by atoms with Gasteiger partial charge in [0, 0.05) is 36.1 Å². The van der Waals surface area contributed by atoms with Gasteiger partial charge < -0.3 is 20.0 Å². The number of aliphatic hydroxyl groups is 1. The first-order valence-corrected chi connectivity index (χ1v) is 10.6. The first kappa shape index (κ1) is 21.3. The molecule has 6 nitrogen and oxygen atoms in total. The van der Waals surface area contributed by atoms with E-state index in [2.05, 4.69) is 19.9 Å². The predicted molar refractivity (Wildman–Crippen MR) is 118 cm³/mol. The number of hydrogen-bond donors (Lipinski definition) is 3. The third kappa shape index (κ3) is 4.11. The summed E-state index contributed by atoms with van der Waals surface area (Å²) in [4.78, 5) is 25.7. The van der Waals surface area contributed by atoms with Gasteiger partial charge in [-0.3, -0.25) is 4.79 Å². The van der Waals surface area contributed by atoms with Crippen molar-refractivity contribution in [1.29, 1.82) is 0 Å². The van der Waals surface area contributed by atoms with Crippen LogP contribution < -0.4 is 4.90 Å². The number of aromatic nitrogens is 3. The van der Waals surface area contributed by atoms with Crippen molar-refractivity contribution in [3.8, 4) is 11.5 Å². The average Bonchev–Trinajstić information content (AvgIpc) is 3.45. The van der Waals surface area contributed by atoms with Gasteiger partial charge in [-0.1, -0.05) is 18.2 Å². The van der Waals surface area contributed by atoms with E-state index >= 15 is 0 Å². The number of benzene rings is 2. The normalized spacial score (nSPS) is 15.3. The first-order chi connectivity index (χ1) is 15.8. The van der Waals surface area contributed by atoms with E-state index in [1.807, 2.05) is 18.2 Å². The van der Waals surface area contributed by atoms with Crippen molar-refractivity contribution in [3.63, 3.8) is 0 Å². The highest BCUT2D eigenvalue weighted by Gasteiger charge is 2.35. The molecule has 3 N–H and O–H groups in total. The van der Waals surface area contributed by atoms with Gasteiger partial charge in [-0.15, -0.1) is 0 Å². The Morgan fingerprint density at radius 2 is 1.85 bits per heavy atom. The van der Waals surface area contributed by atoms with E-state index in [-0.39, 0.29) is 11.7 Å². The van der Waals surface area contributed by atoms with Crippen LogP contribution in [-0.4, -0.2) is 45.0 Å². The van der Waals surface area contributed by atoms with Crippen LogP contribution in [0.2, 0.25) is 0 Å². The number of hydrogen-bond acceptors (Lipinski definition) is 4. The van der Waals surface area contributed by atoms with Crippen molar-refractivity contribution in [3.05, 3.63) is 71.4 Å². The number of alkyl halides is 3. The van der Waals surface area contributed by atoms with Gasteiger partial charge in [0.25, 0.3) is 0 Å². The smallest absolute Gasteiger partial charge is 0.393 e. The number of nitrogens with one attached hydrogen (secondary N) is 2. The molecule has 0 spiro atoms. The SMILES string of the molecule is O=C(c1c[nH]c(-c2nc3ccc(N4CCC(O)CC4)cc3[nH]2)c1)c1ccccc1C(F)(F)F. The van der Waals surface area contributed by atoms with Crippen LogP contribution in [0.25, 0.3) is 22.6 Å². The summed E-state index contributed by atoms with van der Waals surface area (Å²) >= 11 is 0. The lowest BCUT2D eigenvalue weighted by Crippen LogP contribution is -2.35. The third-order valence-corrected chi connectivity index (χ3v) is 5.97. The van der Waals surface area contributed by atoms with E-state index in [9.17, 15) is 23.1 Å². The minimum Gasteiger partial charge on any atom is -0.393 e. The molecule has 2 aromatic carbocycles. The second kappa shape index (κ2) is 8.08. The maximum atomic E-state index is 13.3. The van der Waals surface area contributed by atoms with Gasteiger partial charge in [-0.2, -0.15) is 13.2 Å². The molecule has 1 saturated heterocycles. The zero-order valence-electron chi connectivity index (χ0n) is 17.5. The van der Waals surface area contributed by atoms with Crippen LogP contribution in [0.5, 0.6) is 0 Å².